The molecule has 25 heavy (non-hydrogen) atoms. The van der Waals surface area contributed by atoms with Crippen molar-refractivity contribution < 1.29 is 14.3 Å². The van der Waals surface area contributed by atoms with Crippen LogP contribution in [0.3, 0.4) is 0 Å². The summed E-state index contributed by atoms with van der Waals surface area (Å²) in [5, 5.41) is 9.18. The number of benzene rings is 2. The topological polar surface area (TPSA) is 79.5 Å². The van der Waals surface area contributed by atoms with Crippen LogP contribution in [-0.4, -0.2) is 25.5 Å². The molecule has 0 heterocycles. The lowest BCUT2D eigenvalue weighted by Gasteiger charge is -2.12. The van der Waals surface area contributed by atoms with E-state index in [1.807, 2.05) is 0 Å². The first-order chi connectivity index (χ1) is 12.0. The first kappa shape index (κ1) is 18.6. The number of hydrogen-bond donors (Lipinski definition) is 3. The summed E-state index contributed by atoms with van der Waals surface area (Å²) in [6.07, 6.45) is 0.264. The van der Waals surface area contributed by atoms with Crippen LogP contribution in [0.4, 0.5) is 17.1 Å². The third-order valence-electron chi connectivity index (χ3n) is 3.30. The summed E-state index contributed by atoms with van der Waals surface area (Å²) >= 11 is 5.97. The number of methoxy groups -OCH3 is 1. The van der Waals surface area contributed by atoms with E-state index < -0.39 is 0 Å². The first-order valence-corrected chi connectivity index (χ1v) is 8.10. The number of carbonyl (C=O) groups is 2. The molecular weight excluding hydrogens is 342 g/mol. The zero-order valence-electron chi connectivity index (χ0n) is 14.1. The summed E-state index contributed by atoms with van der Waals surface area (Å²) in [6.45, 7) is 1.86. The highest BCUT2D eigenvalue weighted by Gasteiger charge is 2.06. The van der Waals surface area contributed by atoms with Crippen LogP contribution in [0.15, 0.2) is 42.5 Å². The van der Waals surface area contributed by atoms with Gasteiger partial charge in [0, 0.05) is 36.3 Å². The van der Waals surface area contributed by atoms with Crippen LogP contribution in [0.5, 0.6) is 5.75 Å². The van der Waals surface area contributed by atoms with E-state index in [1.165, 1.54) is 6.92 Å². The molecule has 0 unspecified atom stereocenters. The monoisotopic (exact) mass is 361 g/mol. The van der Waals surface area contributed by atoms with Crippen molar-refractivity contribution in [3.05, 3.63) is 47.5 Å². The van der Waals surface area contributed by atoms with E-state index in [0.29, 0.717) is 28.7 Å². The highest BCUT2D eigenvalue weighted by Crippen LogP contribution is 2.27. The van der Waals surface area contributed by atoms with Gasteiger partial charge in [0.15, 0.2) is 0 Å². The number of rotatable bonds is 7. The van der Waals surface area contributed by atoms with Gasteiger partial charge in [-0.15, -0.1) is 0 Å². The van der Waals surface area contributed by atoms with Gasteiger partial charge in [0.1, 0.15) is 5.75 Å². The zero-order valence-corrected chi connectivity index (χ0v) is 14.8. The molecule has 0 aliphatic heterocycles. The zero-order chi connectivity index (χ0) is 18.2. The van der Waals surface area contributed by atoms with Gasteiger partial charge in [-0.3, -0.25) is 9.59 Å². The van der Waals surface area contributed by atoms with E-state index in [1.54, 1.807) is 49.6 Å². The Morgan fingerprint density at radius 2 is 1.80 bits per heavy atom. The number of halogens is 1. The molecule has 0 aliphatic rings. The van der Waals surface area contributed by atoms with Crippen LogP contribution in [0.25, 0.3) is 0 Å². The highest BCUT2D eigenvalue weighted by molar-refractivity contribution is 6.30. The first-order valence-electron chi connectivity index (χ1n) is 7.73. The van der Waals surface area contributed by atoms with Crippen molar-refractivity contribution in [2.75, 3.05) is 29.6 Å². The summed E-state index contributed by atoms with van der Waals surface area (Å²) in [6, 6.07) is 12.2. The minimum atomic E-state index is -0.164. The molecule has 132 valence electrons. The summed E-state index contributed by atoms with van der Waals surface area (Å²) in [5.74, 6) is 0.351. The Morgan fingerprint density at radius 1 is 1.08 bits per heavy atom. The van der Waals surface area contributed by atoms with Crippen LogP contribution in [-0.2, 0) is 9.59 Å². The molecule has 0 fully saturated rings. The molecule has 0 atom stereocenters. The summed E-state index contributed by atoms with van der Waals surface area (Å²) < 4.78 is 5.24. The fraction of sp³-hybridized carbons (Fsp3) is 0.222. The minimum Gasteiger partial charge on any atom is -0.495 e. The summed E-state index contributed by atoms with van der Waals surface area (Å²) in [4.78, 5) is 23.1. The molecule has 0 radical (unpaired) electrons. The van der Waals surface area contributed by atoms with E-state index >= 15 is 0 Å². The number of hydrogen-bond acceptors (Lipinski definition) is 4. The molecule has 0 aliphatic carbocycles. The van der Waals surface area contributed by atoms with E-state index in [9.17, 15) is 9.59 Å². The number of ether oxygens (including phenoxy) is 1. The number of amides is 2. The molecule has 0 saturated carbocycles. The van der Waals surface area contributed by atoms with Crippen molar-refractivity contribution >= 4 is 40.5 Å². The van der Waals surface area contributed by atoms with Crippen molar-refractivity contribution in [3.8, 4) is 5.75 Å². The maximum Gasteiger partial charge on any atom is 0.226 e. The highest BCUT2D eigenvalue weighted by atomic mass is 35.5. The molecule has 2 aromatic rings. The van der Waals surface area contributed by atoms with Gasteiger partial charge < -0.3 is 20.7 Å². The van der Waals surface area contributed by atoms with Crippen molar-refractivity contribution in [2.45, 2.75) is 13.3 Å². The third kappa shape index (κ3) is 6.00. The minimum absolute atomic E-state index is 0.145. The Bertz CT molecular complexity index is 765. The quantitative estimate of drug-likeness (QED) is 0.701. The van der Waals surface area contributed by atoms with Gasteiger partial charge in [0.2, 0.25) is 11.8 Å². The number of anilines is 3. The molecule has 6 nitrogen and oxygen atoms in total. The molecule has 2 rings (SSSR count). The van der Waals surface area contributed by atoms with Crippen molar-refractivity contribution in [3.63, 3.8) is 0 Å². The standard InChI is InChI=1S/C18H20ClN3O3/c1-12(23)21-14-4-3-5-15(11-14)22-18(24)8-9-20-16-10-13(19)6-7-17(16)25-2/h3-7,10-11,20H,8-9H2,1-2H3,(H,21,23)(H,22,24). The largest absolute Gasteiger partial charge is 0.495 e. The average molecular weight is 362 g/mol. The second kappa shape index (κ2) is 8.94. The van der Waals surface area contributed by atoms with Crippen molar-refractivity contribution in [2.24, 2.45) is 0 Å². The fourth-order valence-electron chi connectivity index (χ4n) is 2.23. The molecule has 2 amide bonds. The maximum atomic E-state index is 12.1. The van der Waals surface area contributed by atoms with Crippen molar-refractivity contribution in [1.29, 1.82) is 0 Å². The van der Waals surface area contributed by atoms with Crippen LogP contribution < -0.4 is 20.7 Å². The van der Waals surface area contributed by atoms with Gasteiger partial charge in [0.05, 0.1) is 12.8 Å². The molecule has 3 N–H and O–H groups in total. The van der Waals surface area contributed by atoms with Crippen LogP contribution >= 0.6 is 11.6 Å². The third-order valence-corrected chi connectivity index (χ3v) is 3.53. The Hall–Kier alpha value is -2.73. The molecule has 0 spiro atoms. The average Bonchev–Trinajstić information content (AvgIpc) is 2.54. The summed E-state index contributed by atoms with van der Waals surface area (Å²) in [7, 11) is 1.57. The predicted molar refractivity (Wildman–Crippen MR) is 100 cm³/mol. The second-order valence-electron chi connectivity index (χ2n) is 5.33. The number of carbonyl (C=O) groups excluding carboxylic acids is 2. The van der Waals surface area contributed by atoms with E-state index in [4.69, 9.17) is 16.3 Å². The molecule has 0 saturated heterocycles. The van der Waals surface area contributed by atoms with E-state index in [-0.39, 0.29) is 18.2 Å². The smallest absolute Gasteiger partial charge is 0.226 e. The van der Waals surface area contributed by atoms with Gasteiger partial charge in [0.25, 0.3) is 0 Å². The van der Waals surface area contributed by atoms with E-state index in [0.717, 1.165) is 5.69 Å². The molecule has 0 aromatic heterocycles. The van der Waals surface area contributed by atoms with Gasteiger partial charge in [-0.05, 0) is 36.4 Å². The van der Waals surface area contributed by atoms with Crippen molar-refractivity contribution in [1.82, 2.24) is 0 Å². The van der Waals surface area contributed by atoms with E-state index in [2.05, 4.69) is 16.0 Å². The fourth-order valence-corrected chi connectivity index (χ4v) is 2.40. The molecule has 7 heteroatoms. The van der Waals surface area contributed by atoms with Gasteiger partial charge in [-0.25, -0.2) is 0 Å². The number of nitrogens with one attached hydrogen (secondary N) is 3. The Balaban J connectivity index is 1.87. The summed E-state index contributed by atoms with van der Waals surface area (Å²) in [5.41, 5.74) is 1.99. The second-order valence-corrected chi connectivity index (χ2v) is 5.77. The van der Waals surface area contributed by atoms with Gasteiger partial charge in [-0.2, -0.15) is 0 Å². The molecular formula is C18H20ClN3O3. The Kier molecular flexibility index (Phi) is 6.65. The van der Waals surface area contributed by atoms with Gasteiger partial charge in [-0.1, -0.05) is 17.7 Å². The lowest BCUT2D eigenvalue weighted by atomic mass is 10.2. The maximum absolute atomic E-state index is 12.1. The van der Waals surface area contributed by atoms with Gasteiger partial charge >= 0.3 is 0 Å². The Labute approximate surface area is 151 Å². The predicted octanol–water partition coefficient (Wildman–Crippen LogP) is 3.75. The van der Waals surface area contributed by atoms with Crippen LogP contribution in [0.2, 0.25) is 5.02 Å². The molecule has 0 bridgehead atoms. The normalized spacial score (nSPS) is 10.0. The SMILES string of the molecule is COc1ccc(Cl)cc1NCCC(=O)Nc1cccc(NC(C)=O)c1. The Morgan fingerprint density at radius 3 is 2.48 bits per heavy atom. The lowest BCUT2D eigenvalue weighted by molar-refractivity contribution is -0.116. The molecule has 2 aromatic carbocycles. The van der Waals surface area contributed by atoms with Crippen LogP contribution in [0, 0.1) is 0 Å². The lowest BCUT2D eigenvalue weighted by Crippen LogP contribution is -2.16. The van der Waals surface area contributed by atoms with Crippen LogP contribution in [0.1, 0.15) is 13.3 Å².